The van der Waals surface area contributed by atoms with Gasteiger partial charge in [0.25, 0.3) is 0 Å². The lowest BCUT2D eigenvalue weighted by molar-refractivity contribution is 0.796. The standard InChI is InChI=1S/C15H15ClN4/c1-2-20-14-12(16)4-3-5-13(14)19-15(20)9-6-10(17)8-11(18)7-9/h3-8H,2,17-18H2,1H3. The summed E-state index contributed by atoms with van der Waals surface area (Å²) in [6, 6.07) is 11.2. The van der Waals surface area contributed by atoms with E-state index in [1.165, 1.54) is 0 Å². The van der Waals surface area contributed by atoms with Crippen molar-refractivity contribution in [1.82, 2.24) is 9.55 Å². The summed E-state index contributed by atoms with van der Waals surface area (Å²) in [5.41, 5.74) is 15.7. The molecule has 0 atom stereocenters. The quantitative estimate of drug-likeness (QED) is 0.708. The van der Waals surface area contributed by atoms with Crippen molar-refractivity contribution in [2.24, 2.45) is 0 Å². The zero-order valence-corrected chi connectivity index (χ0v) is 11.9. The number of hydrogen-bond donors (Lipinski definition) is 2. The fourth-order valence-corrected chi connectivity index (χ4v) is 2.75. The van der Waals surface area contributed by atoms with E-state index in [0.29, 0.717) is 16.4 Å². The number of nitrogen functional groups attached to an aromatic ring is 2. The summed E-state index contributed by atoms with van der Waals surface area (Å²) in [6.07, 6.45) is 0. The Hall–Kier alpha value is -2.20. The Balaban J connectivity index is 2.33. The highest BCUT2D eigenvalue weighted by molar-refractivity contribution is 6.35. The van der Waals surface area contributed by atoms with Crippen LogP contribution in [0.5, 0.6) is 0 Å². The van der Waals surface area contributed by atoms with Gasteiger partial charge in [0.15, 0.2) is 0 Å². The molecule has 20 heavy (non-hydrogen) atoms. The van der Waals surface area contributed by atoms with Gasteiger partial charge in [0, 0.05) is 23.5 Å². The number of benzene rings is 2. The molecule has 0 aliphatic rings. The lowest BCUT2D eigenvalue weighted by Crippen LogP contribution is -1.99. The molecule has 0 spiro atoms. The second-order valence-electron chi connectivity index (χ2n) is 4.68. The van der Waals surface area contributed by atoms with E-state index in [2.05, 4.69) is 16.5 Å². The molecule has 3 rings (SSSR count). The van der Waals surface area contributed by atoms with Crippen LogP contribution in [0.4, 0.5) is 11.4 Å². The van der Waals surface area contributed by atoms with Crippen LogP contribution in [0.2, 0.25) is 5.02 Å². The van der Waals surface area contributed by atoms with E-state index in [4.69, 9.17) is 23.1 Å². The number of rotatable bonds is 2. The zero-order chi connectivity index (χ0) is 14.3. The van der Waals surface area contributed by atoms with E-state index in [9.17, 15) is 0 Å². The van der Waals surface area contributed by atoms with Crippen LogP contribution >= 0.6 is 11.6 Å². The fourth-order valence-electron chi connectivity index (χ4n) is 2.48. The lowest BCUT2D eigenvalue weighted by atomic mass is 10.1. The van der Waals surface area contributed by atoms with E-state index in [0.717, 1.165) is 29.0 Å². The highest BCUT2D eigenvalue weighted by Gasteiger charge is 2.14. The molecular formula is C15H15ClN4. The topological polar surface area (TPSA) is 69.9 Å². The number of anilines is 2. The van der Waals surface area contributed by atoms with Crippen LogP contribution in [-0.2, 0) is 6.54 Å². The first-order valence-corrected chi connectivity index (χ1v) is 6.79. The third-order valence-corrected chi connectivity index (χ3v) is 3.57. The van der Waals surface area contributed by atoms with Crippen molar-refractivity contribution in [3.05, 3.63) is 41.4 Å². The van der Waals surface area contributed by atoms with Crippen LogP contribution in [0.1, 0.15) is 6.92 Å². The van der Waals surface area contributed by atoms with Gasteiger partial charge in [-0.3, -0.25) is 0 Å². The smallest absolute Gasteiger partial charge is 0.141 e. The van der Waals surface area contributed by atoms with E-state index < -0.39 is 0 Å². The van der Waals surface area contributed by atoms with Gasteiger partial charge in [-0.25, -0.2) is 4.98 Å². The molecule has 0 saturated heterocycles. The molecule has 3 aromatic rings. The average molecular weight is 287 g/mol. The Morgan fingerprint density at radius 1 is 1.15 bits per heavy atom. The van der Waals surface area contributed by atoms with E-state index in [-0.39, 0.29) is 0 Å². The van der Waals surface area contributed by atoms with Gasteiger partial charge in [0.2, 0.25) is 0 Å². The number of aryl methyl sites for hydroxylation is 1. The number of imidazole rings is 1. The first kappa shape index (κ1) is 12.8. The van der Waals surface area contributed by atoms with Crippen LogP contribution < -0.4 is 11.5 Å². The van der Waals surface area contributed by atoms with E-state index in [1.54, 1.807) is 6.07 Å². The second kappa shape index (κ2) is 4.72. The van der Waals surface area contributed by atoms with Crippen molar-refractivity contribution in [2.75, 3.05) is 11.5 Å². The summed E-state index contributed by atoms with van der Waals surface area (Å²) in [6.45, 7) is 2.83. The number of fused-ring (bicyclic) bond motifs is 1. The summed E-state index contributed by atoms with van der Waals surface area (Å²) < 4.78 is 2.08. The zero-order valence-electron chi connectivity index (χ0n) is 11.1. The second-order valence-corrected chi connectivity index (χ2v) is 5.08. The third-order valence-electron chi connectivity index (χ3n) is 3.27. The predicted molar refractivity (Wildman–Crippen MR) is 84.7 cm³/mol. The van der Waals surface area contributed by atoms with Crippen molar-refractivity contribution < 1.29 is 0 Å². The normalized spacial score (nSPS) is 11.1. The van der Waals surface area contributed by atoms with Gasteiger partial charge in [-0.2, -0.15) is 0 Å². The van der Waals surface area contributed by atoms with Gasteiger partial charge in [-0.15, -0.1) is 0 Å². The van der Waals surface area contributed by atoms with Crippen LogP contribution in [0.25, 0.3) is 22.4 Å². The molecule has 4 N–H and O–H groups in total. The number of para-hydroxylation sites is 1. The Bertz CT molecular complexity index is 772. The van der Waals surface area contributed by atoms with Gasteiger partial charge < -0.3 is 16.0 Å². The van der Waals surface area contributed by atoms with Crippen molar-refractivity contribution in [3.8, 4) is 11.4 Å². The molecular weight excluding hydrogens is 272 g/mol. The summed E-state index contributed by atoms with van der Waals surface area (Å²) >= 11 is 6.29. The average Bonchev–Trinajstić information content (AvgIpc) is 2.77. The Morgan fingerprint density at radius 2 is 1.85 bits per heavy atom. The van der Waals surface area contributed by atoms with Gasteiger partial charge in [-0.05, 0) is 37.3 Å². The molecule has 0 aliphatic carbocycles. The number of aromatic nitrogens is 2. The molecule has 0 bridgehead atoms. The molecule has 0 unspecified atom stereocenters. The van der Waals surface area contributed by atoms with E-state index in [1.807, 2.05) is 30.3 Å². The van der Waals surface area contributed by atoms with Gasteiger partial charge >= 0.3 is 0 Å². The first-order valence-electron chi connectivity index (χ1n) is 6.41. The fraction of sp³-hybridized carbons (Fsp3) is 0.133. The summed E-state index contributed by atoms with van der Waals surface area (Å²) in [5, 5.41) is 0.694. The highest BCUT2D eigenvalue weighted by atomic mass is 35.5. The Morgan fingerprint density at radius 3 is 2.50 bits per heavy atom. The van der Waals surface area contributed by atoms with Crippen LogP contribution in [0, 0.1) is 0 Å². The van der Waals surface area contributed by atoms with Gasteiger partial charge in [0.1, 0.15) is 5.82 Å². The van der Waals surface area contributed by atoms with Crippen molar-refractivity contribution in [3.63, 3.8) is 0 Å². The Labute approximate surface area is 122 Å². The molecule has 1 aromatic heterocycles. The van der Waals surface area contributed by atoms with Crippen LogP contribution in [0.3, 0.4) is 0 Å². The number of nitrogens with zero attached hydrogens (tertiary/aromatic N) is 2. The largest absolute Gasteiger partial charge is 0.399 e. The SMILES string of the molecule is CCn1c(-c2cc(N)cc(N)c2)nc2cccc(Cl)c21. The molecule has 4 nitrogen and oxygen atoms in total. The monoisotopic (exact) mass is 286 g/mol. The van der Waals surface area contributed by atoms with E-state index >= 15 is 0 Å². The molecule has 0 radical (unpaired) electrons. The molecule has 0 saturated carbocycles. The highest BCUT2D eigenvalue weighted by Crippen LogP contribution is 2.31. The van der Waals surface area contributed by atoms with Crippen molar-refractivity contribution >= 4 is 34.0 Å². The van der Waals surface area contributed by atoms with Gasteiger partial charge in [-0.1, -0.05) is 17.7 Å². The van der Waals surface area contributed by atoms with Gasteiger partial charge in [0.05, 0.1) is 16.1 Å². The molecule has 1 heterocycles. The predicted octanol–water partition coefficient (Wildman–Crippen LogP) is 3.54. The van der Waals surface area contributed by atoms with Crippen molar-refractivity contribution in [2.45, 2.75) is 13.5 Å². The lowest BCUT2D eigenvalue weighted by Gasteiger charge is -2.08. The minimum absolute atomic E-state index is 0.626. The number of halogens is 1. The molecule has 5 heteroatoms. The molecule has 0 aliphatic heterocycles. The summed E-state index contributed by atoms with van der Waals surface area (Å²) in [7, 11) is 0. The first-order chi connectivity index (χ1) is 9.60. The Kier molecular flexibility index (Phi) is 3.03. The van der Waals surface area contributed by atoms with Crippen LogP contribution in [0.15, 0.2) is 36.4 Å². The maximum Gasteiger partial charge on any atom is 0.141 e. The maximum atomic E-state index is 6.29. The molecule has 0 fully saturated rings. The third kappa shape index (κ3) is 1.98. The number of nitrogens with two attached hydrogens (primary N) is 2. The maximum absolute atomic E-state index is 6.29. The minimum Gasteiger partial charge on any atom is -0.399 e. The summed E-state index contributed by atoms with van der Waals surface area (Å²) in [4.78, 5) is 4.66. The summed E-state index contributed by atoms with van der Waals surface area (Å²) in [5.74, 6) is 0.828. The van der Waals surface area contributed by atoms with Crippen molar-refractivity contribution in [1.29, 1.82) is 0 Å². The number of hydrogen-bond acceptors (Lipinski definition) is 3. The molecule has 0 amide bonds. The molecule has 2 aromatic carbocycles. The minimum atomic E-state index is 0.626. The van der Waals surface area contributed by atoms with Crippen LogP contribution in [-0.4, -0.2) is 9.55 Å². The molecule has 102 valence electrons.